The molecule has 0 aromatic rings. The molecule has 0 spiro atoms. The minimum absolute atomic E-state index is 0.344. The van der Waals surface area contributed by atoms with E-state index in [4.69, 9.17) is 5.11 Å². The Hall–Kier alpha value is -0.0800. The molecule has 1 aliphatic rings. The molecule has 1 aliphatic carbocycles. The Kier molecular flexibility index (Phi) is 14.3. The lowest BCUT2D eigenvalue weighted by Gasteiger charge is -2.27. The van der Waals surface area contributed by atoms with Crippen molar-refractivity contribution < 1.29 is 5.11 Å². The number of nitrogens with one attached hydrogen (secondary N) is 1. The zero-order chi connectivity index (χ0) is 14.3. The monoisotopic (exact) mass is 271 g/mol. The molecule has 0 saturated heterocycles. The van der Waals surface area contributed by atoms with Gasteiger partial charge in [0.25, 0.3) is 0 Å². The van der Waals surface area contributed by atoms with Crippen LogP contribution in [0.1, 0.15) is 85.0 Å². The van der Waals surface area contributed by atoms with Crippen LogP contribution in [-0.2, 0) is 0 Å². The van der Waals surface area contributed by atoms with Crippen LogP contribution in [0, 0.1) is 5.92 Å². The fraction of sp³-hybridized carbons (Fsp3) is 1.00. The van der Waals surface area contributed by atoms with Crippen molar-refractivity contribution in [3.63, 3.8) is 0 Å². The van der Waals surface area contributed by atoms with Crippen molar-refractivity contribution in [2.75, 3.05) is 13.2 Å². The Balaban J connectivity index is 0.000000555. The molecule has 2 N–H and O–H groups in total. The molecule has 0 radical (unpaired) electrons. The molecule has 2 atom stereocenters. The first-order valence-corrected chi connectivity index (χ1v) is 8.60. The highest BCUT2D eigenvalue weighted by atomic mass is 16.2. The van der Waals surface area contributed by atoms with Crippen molar-refractivity contribution in [1.82, 2.24) is 5.32 Å². The normalized spacial score (nSPS) is 24.0. The van der Waals surface area contributed by atoms with Gasteiger partial charge in [0.2, 0.25) is 0 Å². The van der Waals surface area contributed by atoms with E-state index < -0.39 is 0 Å². The van der Waals surface area contributed by atoms with Crippen LogP contribution in [0.5, 0.6) is 0 Å². The summed E-state index contributed by atoms with van der Waals surface area (Å²) in [5.41, 5.74) is 0. The van der Waals surface area contributed by atoms with Gasteiger partial charge in [0.05, 0.1) is 0 Å². The van der Waals surface area contributed by atoms with E-state index in [9.17, 15) is 0 Å². The van der Waals surface area contributed by atoms with Crippen LogP contribution in [0.2, 0.25) is 0 Å². The number of unbranched alkanes of at least 4 members (excludes halogenated alkanes) is 2. The van der Waals surface area contributed by atoms with E-state index in [-0.39, 0.29) is 0 Å². The van der Waals surface area contributed by atoms with Gasteiger partial charge in [0.1, 0.15) is 0 Å². The molecule has 0 amide bonds. The maximum absolute atomic E-state index is 8.07. The fourth-order valence-electron chi connectivity index (χ4n) is 2.60. The van der Waals surface area contributed by atoms with Gasteiger partial charge in [-0.3, -0.25) is 0 Å². The molecule has 1 saturated carbocycles. The van der Waals surface area contributed by atoms with Gasteiger partial charge >= 0.3 is 0 Å². The molecular formula is C17H37NO. The van der Waals surface area contributed by atoms with Gasteiger partial charge in [0, 0.05) is 12.6 Å². The van der Waals surface area contributed by atoms with Gasteiger partial charge in [0.15, 0.2) is 0 Å². The summed E-state index contributed by atoms with van der Waals surface area (Å²) >= 11 is 0. The highest BCUT2D eigenvalue weighted by molar-refractivity contribution is 4.75. The van der Waals surface area contributed by atoms with Crippen LogP contribution in [0.4, 0.5) is 0 Å². The molecule has 0 heterocycles. The summed E-state index contributed by atoms with van der Waals surface area (Å²) in [7, 11) is 0. The summed E-state index contributed by atoms with van der Waals surface area (Å²) in [5, 5.41) is 11.8. The lowest BCUT2D eigenvalue weighted by atomic mass is 9.88. The maximum Gasteiger partial charge on any atom is 0.0430 e. The quantitative estimate of drug-likeness (QED) is 0.696. The molecule has 0 aromatic heterocycles. The van der Waals surface area contributed by atoms with E-state index in [2.05, 4.69) is 26.1 Å². The molecule has 19 heavy (non-hydrogen) atoms. The third-order valence-corrected chi connectivity index (χ3v) is 4.06. The standard InChI is InChI=1S/C13H27N.C4H10O/c1-3-4-11-14-13-10-8-6-5-7-9-12(13)2;1-2-3-4-5/h12-14H,3-11H2,1-2H3;5H,2-4H2,1H3. The third-order valence-electron chi connectivity index (χ3n) is 4.06. The third kappa shape index (κ3) is 11.4. The zero-order valence-corrected chi connectivity index (χ0v) is 13.6. The first kappa shape index (κ1) is 18.9. The predicted molar refractivity (Wildman–Crippen MR) is 85.6 cm³/mol. The molecule has 1 fully saturated rings. The first-order chi connectivity index (χ1) is 9.26. The van der Waals surface area contributed by atoms with Crippen LogP contribution in [0.15, 0.2) is 0 Å². The molecule has 2 heteroatoms. The molecule has 0 aromatic carbocycles. The lowest BCUT2D eigenvalue weighted by molar-refractivity contribution is 0.287. The molecule has 1 rings (SSSR count). The minimum Gasteiger partial charge on any atom is -0.396 e. The highest BCUT2D eigenvalue weighted by Crippen LogP contribution is 2.22. The smallest absolute Gasteiger partial charge is 0.0430 e. The van der Waals surface area contributed by atoms with Crippen molar-refractivity contribution in [3.8, 4) is 0 Å². The molecular weight excluding hydrogens is 234 g/mol. The van der Waals surface area contributed by atoms with Gasteiger partial charge in [-0.25, -0.2) is 0 Å². The summed E-state index contributed by atoms with van der Waals surface area (Å²) < 4.78 is 0. The van der Waals surface area contributed by atoms with Gasteiger partial charge in [-0.15, -0.1) is 0 Å². The highest BCUT2D eigenvalue weighted by Gasteiger charge is 2.17. The van der Waals surface area contributed by atoms with Gasteiger partial charge in [-0.1, -0.05) is 59.3 Å². The van der Waals surface area contributed by atoms with E-state index in [0.717, 1.165) is 24.8 Å². The van der Waals surface area contributed by atoms with Crippen LogP contribution in [0.3, 0.4) is 0 Å². The molecule has 116 valence electrons. The van der Waals surface area contributed by atoms with E-state index in [1.54, 1.807) is 0 Å². The summed E-state index contributed by atoms with van der Waals surface area (Å²) in [4.78, 5) is 0. The van der Waals surface area contributed by atoms with E-state index in [0.29, 0.717) is 6.61 Å². The van der Waals surface area contributed by atoms with Crippen molar-refractivity contribution in [2.24, 2.45) is 5.92 Å². The van der Waals surface area contributed by atoms with Crippen LogP contribution < -0.4 is 5.32 Å². The zero-order valence-electron chi connectivity index (χ0n) is 13.6. The summed E-state index contributed by atoms with van der Waals surface area (Å²) in [6, 6.07) is 0.807. The average Bonchev–Trinajstić information content (AvgIpc) is 2.39. The van der Waals surface area contributed by atoms with Crippen molar-refractivity contribution in [2.45, 2.75) is 91.0 Å². The Morgan fingerprint density at radius 2 is 1.58 bits per heavy atom. The fourth-order valence-corrected chi connectivity index (χ4v) is 2.60. The van der Waals surface area contributed by atoms with Gasteiger partial charge in [-0.05, 0) is 38.1 Å². The van der Waals surface area contributed by atoms with Crippen LogP contribution in [0.25, 0.3) is 0 Å². The second kappa shape index (κ2) is 14.3. The second-order valence-corrected chi connectivity index (χ2v) is 5.96. The largest absolute Gasteiger partial charge is 0.396 e. The second-order valence-electron chi connectivity index (χ2n) is 5.96. The van der Waals surface area contributed by atoms with Crippen molar-refractivity contribution in [1.29, 1.82) is 0 Å². The first-order valence-electron chi connectivity index (χ1n) is 8.60. The SMILES string of the molecule is CCCCNC1CCCCCCC1C.CCCCO. The number of aliphatic hydroxyl groups excluding tert-OH is 1. The Bertz CT molecular complexity index is 171. The van der Waals surface area contributed by atoms with E-state index >= 15 is 0 Å². The van der Waals surface area contributed by atoms with Crippen molar-refractivity contribution in [3.05, 3.63) is 0 Å². The summed E-state index contributed by atoms with van der Waals surface area (Å²) in [6.45, 7) is 8.32. The minimum atomic E-state index is 0.344. The van der Waals surface area contributed by atoms with E-state index in [1.807, 2.05) is 0 Å². The Morgan fingerprint density at radius 1 is 0.947 bits per heavy atom. The number of hydrogen-bond acceptors (Lipinski definition) is 2. The number of rotatable bonds is 6. The van der Waals surface area contributed by atoms with Crippen LogP contribution in [-0.4, -0.2) is 24.3 Å². The number of aliphatic hydroxyl groups is 1. The summed E-state index contributed by atoms with van der Waals surface area (Å²) in [6.07, 6.45) is 13.3. The predicted octanol–water partition coefficient (Wildman–Crippen LogP) is 4.51. The molecule has 0 bridgehead atoms. The number of hydrogen-bond donors (Lipinski definition) is 2. The van der Waals surface area contributed by atoms with E-state index in [1.165, 1.54) is 57.9 Å². The molecule has 2 nitrogen and oxygen atoms in total. The van der Waals surface area contributed by atoms with Crippen LogP contribution >= 0.6 is 0 Å². The molecule has 2 unspecified atom stereocenters. The topological polar surface area (TPSA) is 32.3 Å². The van der Waals surface area contributed by atoms with Gasteiger partial charge < -0.3 is 10.4 Å². The summed E-state index contributed by atoms with van der Waals surface area (Å²) in [5.74, 6) is 0.896. The molecule has 0 aliphatic heterocycles. The lowest BCUT2D eigenvalue weighted by Crippen LogP contribution is -2.36. The van der Waals surface area contributed by atoms with Crippen molar-refractivity contribution >= 4 is 0 Å². The maximum atomic E-state index is 8.07. The Morgan fingerprint density at radius 3 is 2.11 bits per heavy atom. The van der Waals surface area contributed by atoms with Gasteiger partial charge in [-0.2, -0.15) is 0 Å². The Labute approximate surface area is 121 Å². The average molecular weight is 271 g/mol.